The predicted molar refractivity (Wildman–Crippen MR) is 115 cm³/mol. The molecule has 158 valence electrons. The lowest BCUT2D eigenvalue weighted by atomic mass is 10.2. The summed E-state index contributed by atoms with van der Waals surface area (Å²) >= 11 is 1.77. The lowest BCUT2D eigenvalue weighted by molar-refractivity contribution is 0.0186. The van der Waals surface area contributed by atoms with Crippen LogP contribution in [0.3, 0.4) is 0 Å². The van der Waals surface area contributed by atoms with Gasteiger partial charge >= 0.3 is 0 Å². The smallest absolute Gasteiger partial charge is 0.191 e. The predicted octanol–water partition coefficient (Wildman–Crippen LogP) is 2.89. The highest BCUT2D eigenvalue weighted by atomic mass is 32.1. The summed E-state index contributed by atoms with van der Waals surface area (Å²) in [6.45, 7) is 7.85. The Morgan fingerprint density at radius 3 is 2.86 bits per heavy atom. The van der Waals surface area contributed by atoms with Crippen molar-refractivity contribution in [1.29, 1.82) is 0 Å². The number of guanidine groups is 1. The Hall–Kier alpha value is -2.16. The van der Waals surface area contributed by atoms with E-state index in [0.717, 1.165) is 38.8 Å². The van der Waals surface area contributed by atoms with Crippen molar-refractivity contribution >= 4 is 17.3 Å². The van der Waals surface area contributed by atoms with Crippen LogP contribution in [0.4, 0.5) is 4.39 Å². The normalized spacial score (nSPS) is 16.4. The molecule has 2 N–H and O–H groups in total. The van der Waals surface area contributed by atoms with Crippen molar-refractivity contribution in [2.24, 2.45) is 4.99 Å². The maximum absolute atomic E-state index is 13.2. The molecule has 0 aliphatic carbocycles. The van der Waals surface area contributed by atoms with E-state index in [1.54, 1.807) is 23.5 Å². The average molecular weight is 421 g/mol. The summed E-state index contributed by atoms with van der Waals surface area (Å²) in [5, 5.41) is 8.68. The first kappa shape index (κ1) is 21.5. The van der Waals surface area contributed by atoms with E-state index in [1.807, 2.05) is 6.92 Å². The lowest BCUT2D eigenvalue weighted by Crippen LogP contribution is -2.42. The number of hydrogen-bond donors (Lipinski definition) is 2. The lowest BCUT2D eigenvalue weighted by Gasteiger charge is -2.33. The van der Waals surface area contributed by atoms with E-state index < -0.39 is 0 Å². The highest BCUT2D eigenvalue weighted by Crippen LogP contribution is 2.26. The van der Waals surface area contributed by atoms with Crippen molar-refractivity contribution < 1.29 is 13.9 Å². The van der Waals surface area contributed by atoms with Crippen LogP contribution in [0.15, 0.2) is 46.8 Å². The molecule has 0 bridgehead atoms. The number of aliphatic imine (C=N–C) groups is 1. The fourth-order valence-electron chi connectivity index (χ4n) is 3.17. The fraction of sp³-hybridized carbons (Fsp3) is 0.476. The van der Waals surface area contributed by atoms with Crippen LogP contribution in [0.2, 0.25) is 0 Å². The Labute approximate surface area is 175 Å². The molecule has 8 heteroatoms. The highest BCUT2D eigenvalue weighted by molar-refractivity contribution is 7.10. The van der Waals surface area contributed by atoms with Gasteiger partial charge in [-0.1, -0.05) is 12.1 Å². The Kier molecular flexibility index (Phi) is 8.73. The summed E-state index contributed by atoms with van der Waals surface area (Å²) in [6.07, 6.45) is 0. The van der Waals surface area contributed by atoms with Gasteiger partial charge in [0, 0.05) is 30.6 Å². The van der Waals surface area contributed by atoms with Gasteiger partial charge in [0.05, 0.1) is 32.3 Å². The van der Waals surface area contributed by atoms with Crippen molar-refractivity contribution in [1.82, 2.24) is 15.5 Å². The number of rotatable bonds is 9. The van der Waals surface area contributed by atoms with E-state index in [-0.39, 0.29) is 11.9 Å². The van der Waals surface area contributed by atoms with E-state index in [9.17, 15) is 4.39 Å². The van der Waals surface area contributed by atoms with Crippen LogP contribution in [0.5, 0.6) is 5.75 Å². The summed E-state index contributed by atoms with van der Waals surface area (Å²) in [6, 6.07) is 10.7. The molecule has 1 aromatic carbocycles. The summed E-state index contributed by atoms with van der Waals surface area (Å²) in [7, 11) is 0. The minimum absolute atomic E-state index is 0.248. The van der Waals surface area contributed by atoms with E-state index in [1.165, 1.54) is 17.0 Å². The molecule has 1 fully saturated rings. The molecule has 1 unspecified atom stereocenters. The largest absolute Gasteiger partial charge is 0.492 e. The summed E-state index contributed by atoms with van der Waals surface area (Å²) in [5.41, 5.74) is 0. The van der Waals surface area contributed by atoms with Gasteiger partial charge in [-0.05, 0) is 30.5 Å². The second kappa shape index (κ2) is 11.7. The first-order valence-corrected chi connectivity index (χ1v) is 10.9. The SMILES string of the molecule is CCNC(=NCC(c1cccs1)N1CCOCC1)NCCOc1cccc(F)c1. The minimum atomic E-state index is -0.298. The van der Waals surface area contributed by atoms with Gasteiger partial charge in [0.2, 0.25) is 0 Å². The third kappa shape index (κ3) is 6.99. The molecule has 1 aromatic heterocycles. The molecule has 1 aliphatic rings. The van der Waals surface area contributed by atoms with E-state index in [2.05, 4.69) is 33.0 Å². The molecule has 0 spiro atoms. The van der Waals surface area contributed by atoms with Gasteiger partial charge in [-0.25, -0.2) is 4.39 Å². The molecule has 6 nitrogen and oxygen atoms in total. The number of hydrogen-bond acceptors (Lipinski definition) is 5. The summed E-state index contributed by atoms with van der Waals surface area (Å²) in [5.74, 6) is 0.983. The molecular weight excluding hydrogens is 391 g/mol. The Bertz CT molecular complexity index is 751. The van der Waals surface area contributed by atoms with Crippen LogP contribution in [-0.4, -0.2) is 63.4 Å². The molecule has 2 heterocycles. The zero-order valence-corrected chi connectivity index (χ0v) is 17.6. The zero-order chi connectivity index (χ0) is 20.3. The molecule has 0 amide bonds. The van der Waals surface area contributed by atoms with Gasteiger partial charge in [0.15, 0.2) is 5.96 Å². The van der Waals surface area contributed by atoms with Crippen molar-refractivity contribution in [3.05, 3.63) is 52.5 Å². The van der Waals surface area contributed by atoms with Crippen molar-refractivity contribution in [3.63, 3.8) is 0 Å². The zero-order valence-electron chi connectivity index (χ0n) is 16.8. The standard InChI is InChI=1S/C21H29FN4O2S/c1-2-23-21(24-8-11-28-18-6-3-5-17(22)15-18)25-16-19(20-7-4-14-29-20)26-9-12-27-13-10-26/h3-7,14-15,19H,2,8-13,16H2,1H3,(H2,23,24,25). The van der Waals surface area contributed by atoms with Gasteiger partial charge in [0.25, 0.3) is 0 Å². The molecule has 1 saturated heterocycles. The Morgan fingerprint density at radius 2 is 2.14 bits per heavy atom. The number of benzene rings is 1. The number of thiophene rings is 1. The quantitative estimate of drug-likeness (QED) is 0.371. The fourth-order valence-corrected chi connectivity index (χ4v) is 4.02. The second-order valence-corrected chi connectivity index (χ2v) is 7.61. The van der Waals surface area contributed by atoms with Crippen LogP contribution in [0.1, 0.15) is 17.8 Å². The number of morpholine rings is 1. The van der Waals surface area contributed by atoms with Gasteiger partial charge in [-0.3, -0.25) is 9.89 Å². The van der Waals surface area contributed by atoms with Gasteiger partial charge in [0.1, 0.15) is 18.2 Å². The number of ether oxygens (including phenoxy) is 2. The topological polar surface area (TPSA) is 58.1 Å². The van der Waals surface area contributed by atoms with Crippen molar-refractivity contribution in [2.75, 3.05) is 52.5 Å². The first-order valence-electron chi connectivity index (χ1n) is 10.0. The molecule has 1 aliphatic heterocycles. The van der Waals surface area contributed by atoms with Gasteiger partial charge in [-0.2, -0.15) is 0 Å². The highest BCUT2D eigenvalue weighted by Gasteiger charge is 2.23. The number of halogens is 1. The molecule has 0 radical (unpaired) electrons. The summed E-state index contributed by atoms with van der Waals surface area (Å²) in [4.78, 5) is 8.57. The van der Waals surface area contributed by atoms with E-state index >= 15 is 0 Å². The van der Waals surface area contributed by atoms with E-state index in [4.69, 9.17) is 14.5 Å². The minimum Gasteiger partial charge on any atom is -0.492 e. The molecule has 0 saturated carbocycles. The van der Waals surface area contributed by atoms with Crippen LogP contribution in [0.25, 0.3) is 0 Å². The van der Waals surface area contributed by atoms with Crippen LogP contribution >= 0.6 is 11.3 Å². The second-order valence-electron chi connectivity index (χ2n) is 6.63. The molecule has 3 rings (SSSR count). The van der Waals surface area contributed by atoms with Crippen LogP contribution in [0, 0.1) is 5.82 Å². The van der Waals surface area contributed by atoms with Crippen molar-refractivity contribution in [3.8, 4) is 5.75 Å². The molecular formula is C21H29FN4O2S. The maximum Gasteiger partial charge on any atom is 0.191 e. The monoisotopic (exact) mass is 420 g/mol. The maximum atomic E-state index is 13.2. The first-order chi connectivity index (χ1) is 14.3. The van der Waals surface area contributed by atoms with Crippen LogP contribution < -0.4 is 15.4 Å². The number of nitrogens with one attached hydrogen (secondary N) is 2. The average Bonchev–Trinajstić information content (AvgIpc) is 3.26. The molecule has 29 heavy (non-hydrogen) atoms. The molecule has 2 aromatic rings. The Morgan fingerprint density at radius 1 is 1.28 bits per heavy atom. The third-order valence-electron chi connectivity index (χ3n) is 4.58. The molecule has 1 atom stereocenters. The summed E-state index contributed by atoms with van der Waals surface area (Å²) < 4.78 is 24.3. The third-order valence-corrected chi connectivity index (χ3v) is 5.56. The van der Waals surface area contributed by atoms with Gasteiger partial charge in [-0.15, -0.1) is 11.3 Å². The van der Waals surface area contributed by atoms with Crippen LogP contribution in [-0.2, 0) is 4.74 Å². The van der Waals surface area contributed by atoms with Gasteiger partial charge < -0.3 is 20.1 Å². The Balaban J connectivity index is 1.54. The number of nitrogens with zero attached hydrogens (tertiary/aromatic N) is 2. The van der Waals surface area contributed by atoms with E-state index in [0.29, 0.717) is 25.4 Å². The van der Waals surface area contributed by atoms with Crippen molar-refractivity contribution in [2.45, 2.75) is 13.0 Å².